The van der Waals surface area contributed by atoms with Gasteiger partial charge in [0.25, 0.3) is 0 Å². The predicted molar refractivity (Wildman–Crippen MR) is 131 cm³/mol. The molecule has 1 saturated heterocycles. The first-order chi connectivity index (χ1) is 13.4. The molecule has 0 bridgehead atoms. The van der Waals surface area contributed by atoms with Crippen LogP contribution in [0.2, 0.25) is 0 Å². The summed E-state index contributed by atoms with van der Waals surface area (Å²) < 4.78 is 1.39. The standard InChI is InChI=1S/C22H29IN4S/c1-6-16-12-17(25(3)4)13-20-22(16)24-21-15(2)11-18(14-19(21)28(20)23)27-9-7-26(5)8-10-27/h11-14H,6-10H2,1-5H3. The van der Waals surface area contributed by atoms with Crippen LogP contribution < -0.4 is 15.2 Å². The maximum absolute atomic E-state index is 5.19. The summed E-state index contributed by atoms with van der Waals surface area (Å²) in [5.74, 6) is 0. The molecule has 2 heterocycles. The molecule has 1 unspecified atom stereocenters. The lowest BCUT2D eigenvalue weighted by Gasteiger charge is -2.34. The molecule has 0 radical (unpaired) electrons. The minimum atomic E-state index is 0.00172. The van der Waals surface area contributed by atoms with Crippen LogP contribution in [0.25, 0.3) is 0 Å². The zero-order valence-electron chi connectivity index (χ0n) is 17.4. The first-order valence-corrected chi connectivity index (χ1v) is 13.7. The molecule has 2 aromatic carbocycles. The van der Waals surface area contributed by atoms with Gasteiger partial charge < -0.3 is 14.7 Å². The summed E-state index contributed by atoms with van der Waals surface area (Å²) in [5, 5.41) is 1.19. The van der Waals surface area contributed by atoms with Gasteiger partial charge in [-0.15, -0.1) is 0 Å². The zero-order chi connectivity index (χ0) is 20.0. The molecule has 0 amide bonds. The van der Waals surface area contributed by atoms with E-state index in [-0.39, 0.29) is 7.66 Å². The lowest BCUT2D eigenvalue weighted by atomic mass is 10.1. The lowest BCUT2D eigenvalue weighted by molar-refractivity contribution is 0.313. The van der Waals surface area contributed by atoms with Crippen LogP contribution in [-0.4, -0.2) is 52.2 Å². The average Bonchev–Trinajstić information content (AvgIpc) is 2.68. The van der Waals surface area contributed by atoms with Crippen molar-refractivity contribution in [2.75, 3.05) is 57.1 Å². The Hall–Kier alpha value is -1.12. The summed E-state index contributed by atoms with van der Waals surface area (Å²) in [4.78, 5) is 13.7. The highest BCUT2D eigenvalue weighted by Gasteiger charge is 2.20. The van der Waals surface area contributed by atoms with E-state index in [1.165, 1.54) is 43.0 Å². The Labute approximate surface area is 182 Å². The number of aryl methyl sites for hydroxylation is 2. The van der Waals surface area contributed by atoms with Crippen molar-refractivity contribution < 1.29 is 0 Å². The molecular weight excluding hydrogens is 479 g/mol. The van der Waals surface area contributed by atoms with Crippen LogP contribution >= 0.6 is 28.9 Å². The molecule has 1 atom stereocenters. The summed E-state index contributed by atoms with van der Waals surface area (Å²) in [6, 6.07) is 9.39. The second kappa shape index (κ2) is 7.95. The van der Waals surface area contributed by atoms with Gasteiger partial charge >= 0.3 is 0 Å². The van der Waals surface area contributed by atoms with Gasteiger partial charge in [0.2, 0.25) is 0 Å². The number of fused-ring (bicyclic) bond motifs is 2. The van der Waals surface area contributed by atoms with Crippen molar-refractivity contribution >= 4 is 45.9 Å². The maximum atomic E-state index is 5.19. The number of rotatable bonds is 3. The summed E-state index contributed by atoms with van der Waals surface area (Å²) in [6.07, 6.45) is 1.01. The minimum Gasteiger partial charge on any atom is -0.378 e. The van der Waals surface area contributed by atoms with E-state index in [9.17, 15) is 0 Å². The second-order valence-corrected chi connectivity index (χ2v) is 12.0. The molecule has 2 aliphatic rings. The number of piperazine rings is 1. The molecule has 4 rings (SSSR count). The van der Waals surface area contributed by atoms with Crippen LogP contribution in [0.15, 0.2) is 34.2 Å². The molecular formula is C22H29IN4S. The molecule has 2 aromatic rings. The predicted octanol–water partition coefficient (Wildman–Crippen LogP) is 4.57. The molecule has 28 heavy (non-hydrogen) atoms. The number of halogens is 1. The van der Waals surface area contributed by atoms with E-state index in [1.54, 1.807) is 0 Å². The molecule has 0 aromatic heterocycles. The van der Waals surface area contributed by atoms with Gasteiger partial charge in [0.1, 0.15) is 0 Å². The van der Waals surface area contributed by atoms with Crippen molar-refractivity contribution in [2.24, 2.45) is 4.99 Å². The number of hydrogen-bond acceptors (Lipinski definition) is 4. The quantitative estimate of drug-likeness (QED) is 0.448. The Morgan fingerprint density at radius 1 is 1.11 bits per heavy atom. The van der Waals surface area contributed by atoms with Crippen molar-refractivity contribution in [3.8, 4) is 0 Å². The van der Waals surface area contributed by atoms with Crippen LogP contribution in [0.5, 0.6) is 0 Å². The molecule has 0 N–H and O–H groups in total. The van der Waals surface area contributed by atoms with E-state index in [1.807, 2.05) is 0 Å². The van der Waals surface area contributed by atoms with Gasteiger partial charge in [-0.3, -0.25) is 0 Å². The molecule has 0 spiro atoms. The van der Waals surface area contributed by atoms with E-state index in [0.717, 1.165) is 32.6 Å². The number of hydrogen-bond donors (Lipinski definition) is 0. The van der Waals surface area contributed by atoms with Crippen molar-refractivity contribution in [3.63, 3.8) is 0 Å². The fraction of sp³-hybridized carbons (Fsp3) is 0.455. The van der Waals surface area contributed by atoms with Crippen molar-refractivity contribution in [1.82, 2.24) is 4.90 Å². The number of likely N-dealkylation sites (N-methyl/N-ethyl adjacent to an activating group) is 1. The molecule has 6 heteroatoms. The van der Waals surface area contributed by atoms with Crippen LogP contribution in [-0.2, 0) is 6.42 Å². The van der Waals surface area contributed by atoms with Gasteiger partial charge in [0.05, 0.1) is 11.0 Å². The van der Waals surface area contributed by atoms with Crippen molar-refractivity contribution in [2.45, 2.75) is 25.2 Å². The zero-order valence-corrected chi connectivity index (χ0v) is 20.4. The summed E-state index contributed by atoms with van der Waals surface area (Å²) in [7, 11) is 6.45. The highest BCUT2D eigenvalue weighted by atomic mass is 127. The minimum absolute atomic E-state index is 0.00172. The van der Waals surface area contributed by atoms with Gasteiger partial charge in [0, 0.05) is 61.1 Å². The van der Waals surface area contributed by atoms with E-state index in [2.05, 4.69) is 95.2 Å². The molecule has 1 fully saturated rings. The monoisotopic (exact) mass is 508 g/mol. The van der Waals surface area contributed by atoms with Gasteiger partial charge in [-0.2, -0.15) is 0 Å². The van der Waals surface area contributed by atoms with E-state index < -0.39 is 0 Å². The van der Waals surface area contributed by atoms with Crippen LogP contribution in [0, 0.1) is 11.4 Å². The molecule has 4 nitrogen and oxygen atoms in total. The Bertz CT molecular complexity index is 1040. The molecule has 150 valence electrons. The third kappa shape index (κ3) is 3.59. The number of anilines is 2. The fourth-order valence-electron chi connectivity index (χ4n) is 3.93. The Balaban J connectivity index is 1.90. The first-order valence-electron chi connectivity index (χ1n) is 9.93. The average molecular weight is 508 g/mol. The van der Waals surface area contributed by atoms with Crippen LogP contribution in [0.3, 0.4) is 0 Å². The van der Waals surface area contributed by atoms with Gasteiger partial charge in [0.15, 0.2) is 0 Å². The summed E-state index contributed by atoms with van der Waals surface area (Å²) in [5.41, 5.74) is 6.48. The van der Waals surface area contributed by atoms with Gasteiger partial charge in [-0.05, 0) is 77.0 Å². The summed E-state index contributed by atoms with van der Waals surface area (Å²) >= 11 is 2.64. The Morgan fingerprint density at radius 2 is 1.82 bits per heavy atom. The Kier molecular flexibility index (Phi) is 5.73. The van der Waals surface area contributed by atoms with Crippen LogP contribution in [0.4, 0.5) is 17.1 Å². The maximum Gasteiger partial charge on any atom is 0.0809 e. The van der Waals surface area contributed by atoms with Gasteiger partial charge in [-0.25, -0.2) is 4.99 Å². The second-order valence-electron chi connectivity index (χ2n) is 7.97. The first kappa shape index (κ1) is 20.2. The lowest BCUT2D eigenvalue weighted by Crippen LogP contribution is -2.44. The normalized spacial score (nSPS) is 19.1. The van der Waals surface area contributed by atoms with E-state index in [4.69, 9.17) is 4.99 Å². The highest BCUT2D eigenvalue weighted by molar-refractivity contribution is 14.2. The smallest absolute Gasteiger partial charge is 0.0809 e. The molecule has 2 aliphatic heterocycles. The van der Waals surface area contributed by atoms with Crippen LogP contribution in [0.1, 0.15) is 18.1 Å². The largest absolute Gasteiger partial charge is 0.378 e. The Morgan fingerprint density at radius 3 is 2.46 bits per heavy atom. The third-order valence-electron chi connectivity index (χ3n) is 5.76. The van der Waals surface area contributed by atoms with Crippen molar-refractivity contribution in [1.29, 1.82) is 0 Å². The molecule has 0 saturated carbocycles. The topological polar surface area (TPSA) is 22.1 Å². The highest BCUT2D eigenvalue weighted by Crippen LogP contribution is 2.48. The summed E-state index contributed by atoms with van der Waals surface area (Å²) in [6.45, 7) is 8.91. The van der Waals surface area contributed by atoms with Crippen molar-refractivity contribution in [3.05, 3.63) is 45.3 Å². The van der Waals surface area contributed by atoms with Gasteiger partial charge in [-0.1, -0.05) is 14.6 Å². The number of benzene rings is 2. The van der Waals surface area contributed by atoms with E-state index >= 15 is 0 Å². The molecule has 0 aliphatic carbocycles. The SMILES string of the molecule is CCc1cc(N(C)C)cc2c1N=c1c(C)cc(N3CCN(C)CC3)cc1=S2I. The number of nitrogens with zero attached hydrogens (tertiary/aromatic N) is 4. The fourth-order valence-corrected chi connectivity index (χ4v) is 7.35. The van der Waals surface area contributed by atoms with E-state index in [0.29, 0.717) is 0 Å². The third-order valence-corrected chi connectivity index (χ3v) is 10.0.